The highest BCUT2D eigenvalue weighted by molar-refractivity contribution is 5.92. The Balaban J connectivity index is 2.08. The molecule has 0 unspecified atom stereocenters. The average Bonchev–Trinajstić information content (AvgIpc) is 2.78. The number of hydrogen-bond acceptors (Lipinski definition) is 3. The molecule has 5 nitrogen and oxygen atoms in total. The summed E-state index contributed by atoms with van der Waals surface area (Å²) < 4.78 is 6.75. The Morgan fingerprint density at radius 2 is 1.90 bits per heavy atom. The van der Waals surface area contributed by atoms with Crippen LogP contribution in [0.5, 0.6) is 0 Å². The smallest absolute Gasteiger partial charge is 0.305 e. The van der Waals surface area contributed by atoms with E-state index in [0.717, 1.165) is 31.4 Å². The summed E-state index contributed by atoms with van der Waals surface area (Å²) in [7, 11) is 1.89. The quantitative estimate of drug-likeness (QED) is 0.562. The Morgan fingerprint density at radius 1 is 1.19 bits per heavy atom. The molecule has 0 aromatic carbocycles. The van der Waals surface area contributed by atoms with Crippen molar-refractivity contribution >= 4 is 11.9 Å². The molecule has 1 aromatic heterocycles. The van der Waals surface area contributed by atoms with Crippen LogP contribution in [0.15, 0.2) is 12.1 Å². The Hall–Kier alpha value is -1.78. The molecule has 0 saturated carbocycles. The number of nitrogens with one attached hydrogen (secondary N) is 1. The molecule has 0 radical (unpaired) electrons. The van der Waals surface area contributed by atoms with Crippen molar-refractivity contribution in [2.45, 2.75) is 46.0 Å². The number of amides is 1. The molecular formula is C16H26N2O3. The van der Waals surface area contributed by atoms with Crippen molar-refractivity contribution in [2.24, 2.45) is 7.05 Å². The highest BCUT2D eigenvalue weighted by atomic mass is 16.5. The van der Waals surface area contributed by atoms with Crippen LogP contribution in [0.25, 0.3) is 0 Å². The minimum absolute atomic E-state index is 0.0304. The van der Waals surface area contributed by atoms with Crippen LogP contribution < -0.4 is 5.32 Å². The van der Waals surface area contributed by atoms with E-state index in [9.17, 15) is 9.59 Å². The van der Waals surface area contributed by atoms with Gasteiger partial charge in [0.1, 0.15) is 5.69 Å². The lowest BCUT2D eigenvalue weighted by atomic mass is 10.1. The topological polar surface area (TPSA) is 60.3 Å². The number of rotatable bonds is 9. The number of aromatic nitrogens is 1. The van der Waals surface area contributed by atoms with Crippen LogP contribution in [0.2, 0.25) is 0 Å². The maximum Gasteiger partial charge on any atom is 0.305 e. The number of unbranched alkanes of at least 4 members (excludes halogenated alkanes) is 3. The third-order valence-corrected chi connectivity index (χ3v) is 3.50. The number of ether oxygens (including phenoxy) is 1. The SMILES string of the molecule is CCOC(=O)CCCCCCNC(=O)c1ccc(C)n1C. The van der Waals surface area contributed by atoms with E-state index in [2.05, 4.69) is 5.32 Å². The third kappa shape index (κ3) is 6.02. The van der Waals surface area contributed by atoms with Gasteiger partial charge in [-0.3, -0.25) is 9.59 Å². The van der Waals surface area contributed by atoms with E-state index in [4.69, 9.17) is 4.74 Å². The minimum Gasteiger partial charge on any atom is -0.466 e. The molecule has 1 heterocycles. The summed E-state index contributed by atoms with van der Waals surface area (Å²) in [6.45, 7) is 4.90. The van der Waals surface area contributed by atoms with Crippen LogP contribution in [0.4, 0.5) is 0 Å². The van der Waals surface area contributed by atoms with E-state index in [1.807, 2.05) is 37.6 Å². The van der Waals surface area contributed by atoms with Gasteiger partial charge in [0, 0.05) is 25.7 Å². The lowest BCUT2D eigenvalue weighted by molar-refractivity contribution is -0.143. The highest BCUT2D eigenvalue weighted by Crippen LogP contribution is 2.06. The fourth-order valence-electron chi connectivity index (χ4n) is 2.11. The summed E-state index contributed by atoms with van der Waals surface area (Å²) in [5.74, 6) is -0.151. The fourth-order valence-corrected chi connectivity index (χ4v) is 2.11. The molecule has 1 rings (SSSR count). The van der Waals surface area contributed by atoms with Gasteiger partial charge in [-0.2, -0.15) is 0 Å². The van der Waals surface area contributed by atoms with Crippen LogP contribution in [0.1, 0.15) is 55.2 Å². The maximum absolute atomic E-state index is 11.9. The first-order valence-corrected chi connectivity index (χ1v) is 7.62. The molecule has 0 fully saturated rings. The van der Waals surface area contributed by atoms with Crippen molar-refractivity contribution in [3.8, 4) is 0 Å². The highest BCUT2D eigenvalue weighted by Gasteiger charge is 2.09. The zero-order chi connectivity index (χ0) is 15.7. The Kier molecular flexibility index (Phi) is 7.58. The van der Waals surface area contributed by atoms with Crippen LogP contribution >= 0.6 is 0 Å². The molecular weight excluding hydrogens is 268 g/mol. The molecule has 0 bridgehead atoms. The third-order valence-electron chi connectivity index (χ3n) is 3.50. The van der Waals surface area contributed by atoms with Gasteiger partial charge in [0.25, 0.3) is 5.91 Å². The second-order valence-electron chi connectivity index (χ2n) is 5.14. The van der Waals surface area contributed by atoms with E-state index in [-0.39, 0.29) is 11.9 Å². The van der Waals surface area contributed by atoms with Crippen LogP contribution in [-0.4, -0.2) is 29.6 Å². The predicted molar refractivity (Wildman–Crippen MR) is 82.2 cm³/mol. The molecule has 21 heavy (non-hydrogen) atoms. The van der Waals surface area contributed by atoms with Crippen LogP contribution in [0, 0.1) is 6.92 Å². The van der Waals surface area contributed by atoms with E-state index >= 15 is 0 Å². The summed E-state index contributed by atoms with van der Waals surface area (Å²) >= 11 is 0. The average molecular weight is 294 g/mol. The first kappa shape index (κ1) is 17.3. The van der Waals surface area contributed by atoms with E-state index in [1.165, 1.54) is 0 Å². The molecule has 5 heteroatoms. The summed E-state index contributed by atoms with van der Waals surface area (Å²) in [6, 6.07) is 3.77. The maximum atomic E-state index is 11.9. The Labute approximate surface area is 126 Å². The van der Waals surface area contributed by atoms with Gasteiger partial charge < -0.3 is 14.6 Å². The number of carbonyl (C=O) groups excluding carboxylic acids is 2. The first-order valence-electron chi connectivity index (χ1n) is 7.62. The van der Waals surface area contributed by atoms with Gasteiger partial charge in [-0.25, -0.2) is 0 Å². The van der Waals surface area contributed by atoms with Crippen LogP contribution in [-0.2, 0) is 16.6 Å². The van der Waals surface area contributed by atoms with E-state index in [0.29, 0.717) is 25.3 Å². The fraction of sp³-hybridized carbons (Fsp3) is 0.625. The number of hydrogen-bond donors (Lipinski definition) is 1. The number of nitrogens with zero attached hydrogens (tertiary/aromatic N) is 1. The van der Waals surface area contributed by atoms with Gasteiger partial charge >= 0.3 is 5.97 Å². The Morgan fingerprint density at radius 3 is 2.52 bits per heavy atom. The second kappa shape index (κ2) is 9.21. The molecule has 1 amide bonds. The predicted octanol–water partition coefficient (Wildman–Crippen LogP) is 2.58. The lowest BCUT2D eigenvalue weighted by Crippen LogP contribution is -2.26. The minimum atomic E-state index is -0.120. The van der Waals surface area contributed by atoms with Gasteiger partial charge in [0.15, 0.2) is 0 Å². The van der Waals surface area contributed by atoms with Crippen molar-refractivity contribution in [2.75, 3.05) is 13.2 Å². The number of carbonyl (C=O) groups is 2. The van der Waals surface area contributed by atoms with Crippen LogP contribution in [0.3, 0.4) is 0 Å². The van der Waals surface area contributed by atoms with Gasteiger partial charge in [-0.15, -0.1) is 0 Å². The van der Waals surface area contributed by atoms with E-state index < -0.39 is 0 Å². The number of aryl methyl sites for hydroxylation is 1. The molecule has 0 aliphatic carbocycles. The van der Waals surface area contributed by atoms with Crippen molar-refractivity contribution in [1.82, 2.24) is 9.88 Å². The molecule has 0 atom stereocenters. The molecule has 118 valence electrons. The molecule has 0 saturated heterocycles. The molecule has 0 aliphatic rings. The standard InChI is InChI=1S/C16H26N2O3/c1-4-21-15(19)9-7-5-6-8-12-17-16(20)14-11-10-13(2)18(14)3/h10-11H,4-9,12H2,1-3H3,(H,17,20). The zero-order valence-electron chi connectivity index (χ0n) is 13.3. The molecule has 0 aliphatic heterocycles. The van der Waals surface area contributed by atoms with Crippen molar-refractivity contribution in [1.29, 1.82) is 0 Å². The monoisotopic (exact) mass is 294 g/mol. The van der Waals surface area contributed by atoms with Crippen molar-refractivity contribution in [3.63, 3.8) is 0 Å². The van der Waals surface area contributed by atoms with Gasteiger partial charge in [0.05, 0.1) is 6.61 Å². The zero-order valence-corrected chi connectivity index (χ0v) is 13.3. The number of esters is 1. The van der Waals surface area contributed by atoms with Gasteiger partial charge in [-0.1, -0.05) is 12.8 Å². The Bertz CT molecular complexity index is 466. The molecule has 1 N–H and O–H groups in total. The van der Waals surface area contributed by atoms with Crippen molar-refractivity contribution in [3.05, 3.63) is 23.5 Å². The molecule has 1 aromatic rings. The van der Waals surface area contributed by atoms with E-state index in [1.54, 1.807) is 0 Å². The first-order chi connectivity index (χ1) is 10.1. The largest absolute Gasteiger partial charge is 0.466 e. The second-order valence-corrected chi connectivity index (χ2v) is 5.14. The van der Waals surface area contributed by atoms with Gasteiger partial charge in [-0.05, 0) is 38.8 Å². The summed E-state index contributed by atoms with van der Waals surface area (Å²) in [5.41, 5.74) is 1.76. The summed E-state index contributed by atoms with van der Waals surface area (Å²) in [6.07, 6.45) is 4.26. The van der Waals surface area contributed by atoms with Crippen molar-refractivity contribution < 1.29 is 14.3 Å². The lowest BCUT2D eigenvalue weighted by Gasteiger charge is -2.07. The molecule has 0 spiro atoms. The normalized spacial score (nSPS) is 10.4. The summed E-state index contributed by atoms with van der Waals surface area (Å²) in [4.78, 5) is 23.1. The van der Waals surface area contributed by atoms with Gasteiger partial charge in [0.2, 0.25) is 0 Å². The summed E-state index contributed by atoms with van der Waals surface area (Å²) in [5, 5.41) is 2.92.